The summed E-state index contributed by atoms with van der Waals surface area (Å²) in [5.74, 6) is -0.461. The van der Waals surface area contributed by atoms with Crippen molar-refractivity contribution in [1.82, 2.24) is 5.32 Å². The van der Waals surface area contributed by atoms with Crippen molar-refractivity contribution in [1.29, 1.82) is 0 Å². The molecule has 1 atom stereocenters. The van der Waals surface area contributed by atoms with Gasteiger partial charge in [-0.25, -0.2) is 4.79 Å². The van der Waals surface area contributed by atoms with Crippen LogP contribution in [0.3, 0.4) is 0 Å². The molecule has 0 aliphatic heterocycles. The maximum absolute atomic E-state index is 11.9. The SMILES string of the molecule is CCCCOc1ccc(C(=O)N[C@H](CO)C(=O)OC)cc1. The molecule has 0 spiro atoms. The Kier molecular flexibility index (Phi) is 7.25. The first kappa shape index (κ1) is 17.0. The molecular weight excluding hydrogens is 274 g/mol. The van der Waals surface area contributed by atoms with Crippen molar-refractivity contribution in [3.8, 4) is 5.75 Å². The molecule has 1 aromatic rings. The van der Waals surface area contributed by atoms with Crippen LogP contribution in [-0.4, -0.2) is 43.3 Å². The maximum atomic E-state index is 11.9. The first-order valence-electron chi connectivity index (χ1n) is 6.84. The Hall–Kier alpha value is -2.08. The van der Waals surface area contributed by atoms with Gasteiger partial charge in [-0.05, 0) is 30.7 Å². The summed E-state index contributed by atoms with van der Waals surface area (Å²) in [6.07, 6.45) is 2.02. The van der Waals surface area contributed by atoms with Crippen molar-refractivity contribution in [3.05, 3.63) is 29.8 Å². The van der Waals surface area contributed by atoms with Crippen molar-refractivity contribution < 1.29 is 24.2 Å². The molecule has 2 N–H and O–H groups in total. The molecule has 1 amide bonds. The number of carbonyl (C=O) groups is 2. The zero-order valence-electron chi connectivity index (χ0n) is 12.3. The van der Waals surface area contributed by atoms with Gasteiger partial charge in [0.1, 0.15) is 5.75 Å². The number of aliphatic hydroxyl groups is 1. The van der Waals surface area contributed by atoms with E-state index in [2.05, 4.69) is 17.0 Å². The van der Waals surface area contributed by atoms with Gasteiger partial charge in [0.2, 0.25) is 0 Å². The zero-order valence-corrected chi connectivity index (χ0v) is 12.3. The number of amides is 1. The number of ether oxygens (including phenoxy) is 2. The molecule has 1 rings (SSSR count). The number of hydrogen-bond acceptors (Lipinski definition) is 5. The summed E-state index contributed by atoms with van der Waals surface area (Å²) in [7, 11) is 1.19. The van der Waals surface area contributed by atoms with E-state index < -0.39 is 24.5 Å². The molecular formula is C15H21NO5. The average molecular weight is 295 g/mol. The van der Waals surface area contributed by atoms with Crippen LogP contribution in [0, 0.1) is 0 Å². The number of benzene rings is 1. The van der Waals surface area contributed by atoms with E-state index in [1.807, 2.05) is 0 Å². The minimum atomic E-state index is -1.07. The highest BCUT2D eigenvalue weighted by Gasteiger charge is 2.20. The Bertz CT molecular complexity index is 458. The predicted octanol–water partition coefficient (Wildman–Crippen LogP) is 1.13. The van der Waals surface area contributed by atoms with Crippen LogP contribution < -0.4 is 10.1 Å². The van der Waals surface area contributed by atoms with Crippen LogP contribution in [0.5, 0.6) is 5.75 Å². The quantitative estimate of drug-likeness (QED) is 0.555. The van der Waals surface area contributed by atoms with E-state index in [9.17, 15) is 9.59 Å². The highest BCUT2D eigenvalue weighted by atomic mass is 16.5. The lowest BCUT2D eigenvalue weighted by molar-refractivity contribution is -0.143. The fourth-order valence-corrected chi connectivity index (χ4v) is 1.60. The molecule has 0 aliphatic rings. The Morgan fingerprint density at radius 2 is 1.95 bits per heavy atom. The topological polar surface area (TPSA) is 84.9 Å². The molecule has 21 heavy (non-hydrogen) atoms. The Labute approximate surface area is 124 Å². The Morgan fingerprint density at radius 3 is 2.48 bits per heavy atom. The van der Waals surface area contributed by atoms with E-state index in [1.165, 1.54) is 7.11 Å². The summed E-state index contributed by atoms with van der Waals surface area (Å²) in [6, 6.07) is 5.51. The summed E-state index contributed by atoms with van der Waals surface area (Å²) in [4.78, 5) is 23.2. The molecule has 116 valence electrons. The highest BCUT2D eigenvalue weighted by molar-refractivity contribution is 5.96. The fourth-order valence-electron chi connectivity index (χ4n) is 1.60. The summed E-state index contributed by atoms with van der Waals surface area (Å²) >= 11 is 0. The zero-order chi connectivity index (χ0) is 15.7. The van der Waals surface area contributed by atoms with Crippen molar-refractivity contribution in [2.45, 2.75) is 25.8 Å². The molecule has 0 saturated heterocycles. The first-order chi connectivity index (χ1) is 10.1. The van der Waals surface area contributed by atoms with Gasteiger partial charge < -0.3 is 19.9 Å². The van der Waals surface area contributed by atoms with E-state index in [4.69, 9.17) is 9.84 Å². The third-order valence-corrected chi connectivity index (χ3v) is 2.86. The largest absolute Gasteiger partial charge is 0.494 e. The van der Waals surface area contributed by atoms with E-state index in [0.717, 1.165) is 12.8 Å². The van der Waals surface area contributed by atoms with Gasteiger partial charge >= 0.3 is 5.97 Å². The van der Waals surface area contributed by atoms with Crippen LogP contribution in [0.2, 0.25) is 0 Å². The minimum absolute atomic E-state index is 0.375. The van der Waals surface area contributed by atoms with Crippen molar-refractivity contribution in [2.75, 3.05) is 20.3 Å². The third kappa shape index (κ3) is 5.43. The van der Waals surface area contributed by atoms with Crippen LogP contribution in [-0.2, 0) is 9.53 Å². The van der Waals surface area contributed by atoms with E-state index >= 15 is 0 Å². The van der Waals surface area contributed by atoms with Crippen molar-refractivity contribution >= 4 is 11.9 Å². The standard InChI is InChI=1S/C15H21NO5/c1-3-4-9-21-12-7-5-11(6-8-12)14(18)16-13(10-17)15(19)20-2/h5-8,13,17H,3-4,9-10H2,1-2H3,(H,16,18)/t13-/m1/s1. The monoisotopic (exact) mass is 295 g/mol. The van der Waals surface area contributed by atoms with Crippen LogP contribution in [0.25, 0.3) is 0 Å². The second kappa shape index (κ2) is 8.97. The average Bonchev–Trinajstić information content (AvgIpc) is 2.52. The maximum Gasteiger partial charge on any atom is 0.330 e. The van der Waals surface area contributed by atoms with Crippen molar-refractivity contribution in [2.24, 2.45) is 0 Å². The molecule has 1 aromatic carbocycles. The smallest absolute Gasteiger partial charge is 0.330 e. The molecule has 6 heteroatoms. The van der Waals surface area contributed by atoms with E-state index in [0.29, 0.717) is 17.9 Å². The van der Waals surface area contributed by atoms with Crippen LogP contribution in [0.1, 0.15) is 30.1 Å². The number of rotatable bonds is 8. The van der Waals surface area contributed by atoms with E-state index in [-0.39, 0.29) is 0 Å². The fraction of sp³-hybridized carbons (Fsp3) is 0.467. The van der Waals surface area contributed by atoms with Crippen molar-refractivity contribution in [3.63, 3.8) is 0 Å². The summed E-state index contributed by atoms with van der Waals surface area (Å²) in [5, 5.41) is 11.5. The molecule has 0 unspecified atom stereocenters. The first-order valence-corrected chi connectivity index (χ1v) is 6.84. The number of unbranched alkanes of at least 4 members (excludes halogenated alkanes) is 1. The molecule has 0 bridgehead atoms. The lowest BCUT2D eigenvalue weighted by Crippen LogP contribution is -2.44. The summed E-state index contributed by atoms with van der Waals surface area (Å²) < 4.78 is 9.97. The number of hydrogen-bond donors (Lipinski definition) is 2. The van der Waals surface area contributed by atoms with Gasteiger partial charge in [-0.15, -0.1) is 0 Å². The predicted molar refractivity (Wildman–Crippen MR) is 77.2 cm³/mol. The molecule has 0 heterocycles. The number of methoxy groups -OCH3 is 1. The molecule has 0 aliphatic carbocycles. The normalized spacial score (nSPS) is 11.6. The van der Waals surface area contributed by atoms with Crippen LogP contribution >= 0.6 is 0 Å². The van der Waals surface area contributed by atoms with Gasteiger partial charge in [0.15, 0.2) is 6.04 Å². The molecule has 0 radical (unpaired) electrons. The summed E-state index contributed by atoms with van der Waals surface area (Å²) in [6.45, 7) is 2.20. The Morgan fingerprint density at radius 1 is 1.29 bits per heavy atom. The Balaban J connectivity index is 2.60. The van der Waals surface area contributed by atoms with Gasteiger partial charge in [0.05, 0.1) is 20.3 Å². The van der Waals surface area contributed by atoms with Gasteiger partial charge in [-0.2, -0.15) is 0 Å². The lowest BCUT2D eigenvalue weighted by Gasteiger charge is -2.14. The van der Waals surface area contributed by atoms with Crippen LogP contribution in [0.4, 0.5) is 0 Å². The van der Waals surface area contributed by atoms with E-state index in [1.54, 1.807) is 24.3 Å². The molecule has 0 aromatic heterocycles. The summed E-state index contributed by atoms with van der Waals surface area (Å²) in [5.41, 5.74) is 0.375. The minimum Gasteiger partial charge on any atom is -0.494 e. The molecule has 0 fully saturated rings. The van der Waals surface area contributed by atoms with Gasteiger partial charge in [-0.1, -0.05) is 13.3 Å². The highest BCUT2D eigenvalue weighted by Crippen LogP contribution is 2.12. The third-order valence-electron chi connectivity index (χ3n) is 2.86. The number of carbonyl (C=O) groups excluding carboxylic acids is 2. The van der Waals surface area contributed by atoms with Gasteiger partial charge in [0, 0.05) is 5.56 Å². The second-order valence-corrected chi connectivity index (χ2v) is 4.46. The van der Waals surface area contributed by atoms with Crippen LogP contribution in [0.15, 0.2) is 24.3 Å². The lowest BCUT2D eigenvalue weighted by atomic mass is 10.2. The molecule has 6 nitrogen and oxygen atoms in total. The number of esters is 1. The van der Waals surface area contributed by atoms with Gasteiger partial charge in [0.25, 0.3) is 5.91 Å². The number of aliphatic hydroxyl groups excluding tert-OH is 1. The molecule has 0 saturated carbocycles. The number of nitrogens with one attached hydrogen (secondary N) is 1. The van der Waals surface area contributed by atoms with Gasteiger partial charge in [-0.3, -0.25) is 4.79 Å². The second-order valence-electron chi connectivity index (χ2n) is 4.46.